The van der Waals surface area contributed by atoms with E-state index in [-0.39, 0.29) is 16.2 Å². The monoisotopic (exact) mass is 272 g/mol. The van der Waals surface area contributed by atoms with Gasteiger partial charge < -0.3 is 9.47 Å². The normalized spacial score (nSPS) is 11.1. The number of carbonyl (C=O) groups excluding carboxylic acids is 1. The lowest BCUT2D eigenvalue weighted by Crippen LogP contribution is -2.11. The molecule has 18 heavy (non-hydrogen) atoms. The Kier molecular flexibility index (Phi) is 4.34. The van der Waals surface area contributed by atoms with Gasteiger partial charge in [-0.25, -0.2) is 13.2 Å². The van der Waals surface area contributed by atoms with Crippen LogP contribution < -0.4 is 4.74 Å². The van der Waals surface area contributed by atoms with Crippen molar-refractivity contribution in [2.75, 3.05) is 20.5 Å². The van der Waals surface area contributed by atoms with Crippen molar-refractivity contribution >= 4 is 15.8 Å². The summed E-state index contributed by atoms with van der Waals surface area (Å²) < 4.78 is 33.3. The fourth-order valence-electron chi connectivity index (χ4n) is 1.76. The third kappa shape index (κ3) is 2.64. The van der Waals surface area contributed by atoms with Crippen LogP contribution in [0.3, 0.4) is 0 Å². The molecule has 5 nitrogen and oxygen atoms in total. The predicted molar refractivity (Wildman–Crippen MR) is 66.8 cm³/mol. The molecule has 0 atom stereocenters. The Morgan fingerprint density at radius 3 is 2.28 bits per heavy atom. The molecule has 0 fully saturated rings. The number of benzene rings is 1. The molecule has 1 aromatic rings. The second-order valence-electron chi connectivity index (χ2n) is 3.75. The first-order valence-electron chi connectivity index (χ1n) is 5.35. The molecule has 100 valence electrons. The summed E-state index contributed by atoms with van der Waals surface area (Å²) >= 11 is 0. The average molecular weight is 272 g/mol. The maximum absolute atomic E-state index is 11.8. The molecule has 0 spiro atoms. The van der Waals surface area contributed by atoms with Crippen molar-refractivity contribution in [3.05, 3.63) is 23.3 Å². The van der Waals surface area contributed by atoms with Crippen molar-refractivity contribution in [2.24, 2.45) is 0 Å². The number of aryl methyl sites for hydroxylation is 1. The molecule has 0 heterocycles. The minimum absolute atomic E-state index is 0.0451. The molecule has 0 aliphatic heterocycles. The van der Waals surface area contributed by atoms with E-state index in [2.05, 4.69) is 4.74 Å². The summed E-state index contributed by atoms with van der Waals surface area (Å²) in [5.41, 5.74) is 0.722. The molecule has 0 amide bonds. The van der Waals surface area contributed by atoms with Crippen molar-refractivity contribution in [3.8, 4) is 5.75 Å². The van der Waals surface area contributed by atoms with Gasteiger partial charge >= 0.3 is 5.97 Å². The van der Waals surface area contributed by atoms with E-state index in [1.165, 1.54) is 20.3 Å². The Hall–Kier alpha value is -1.56. The summed E-state index contributed by atoms with van der Waals surface area (Å²) in [7, 11) is -0.924. The molecule has 0 saturated carbocycles. The maximum atomic E-state index is 11.8. The molecule has 0 saturated heterocycles. The van der Waals surface area contributed by atoms with Crippen LogP contribution >= 0.6 is 0 Å². The highest BCUT2D eigenvalue weighted by Gasteiger charge is 2.24. The van der Waals surface area contributed by atoms with E-state index in [9.17, 15) is 13.2 Å². The van der Waals surface area contributed by atoms with E-state index in [4.69, 9.17) is 4.74 Å². The first-order chi connectivity index (χ1) is 8.36. The number of sulfone groups is 1. The van der Waals surface area contributed by atoms with Gasteiger partial charge in [0.1, 0.15) is 10.5 Å². The largest absolute Gasteiger partial charge is 0.494 e. The third-order valence-electron chi connectivity index (χ3n) is 2.55. The molecule has 0 aliphatic carbocycles. The topological polar surface area (TPSA) is 69.7 Å². The standard InChI is InChI=1S/C12H16O5S/c1-5-8-6-7-9(12(13)17-3)10(16-2)11(8)18(4,14)15/h6-7H,5H2,1-4H3. The smallest absolute Gasteiger partial charge is 0.341 e. The molecule has 1 aromatic carbocycles. The van der Waals surface area contributed by atoms with Crippen LogP contribution in [0.25, 0.3) is 0 Å². The maximum Gasteiger partial charge on any atom is 0.341 e. The lowest BCUT2D eigenvalue weighted by Gasteiger charge is -2.14. The lowest BCUT2D eigenvalue weighted by atomic mass is 10.1. The SMILES string of the molecule is CCc1ccc(C(=O)OC)c(OC)c1S(C)(=O)=O. The van der Waals surface area contributed by atoms with Crippen LogP contribution in [-0.4, -0.2) is 34.9 Å². The molecule has 0 radical (unpaired) electrons. The highest BCUT2D eigenvalue weighted by atomic mass is 32.2. The summed E-state index contributed by atoms with van der Waals surface area (Å²) in [6.45, 7) is 1.83. The zero-order valence-corrected chi connectivity index (χ0v) is 11.6. The van der Waals surface area contributed by atoms with Crippen molar-refractivity contribution in [2.45, 2.75) is 18.2 Å². The number of esters is 1. The van der Waals surface area contributed by atoms with E-state index in [1.54, 1.807) is 6.07 Å². The van der Waals surface area contributed by atoms with Crippen molar-refractivity contribution < 1.29 is 22.7 Å². The zero-order valence-electron chi connectivity index (χ0n) is 10.8. The first kappa shape index (κ1) is 14.5. The Morgan fingerprint density at radius 1 is 1.28 bits per heavy atom. The second-order valence-corrected chi connectivity index (χ2v) is 5.70. The number of methoxy groups -OCH3 is 2. The molecular weight excluding hydrogens is 256 g/mol. The van der Waals surface area contributed by atoms with Gasteiger partial charge in [0.2, 0.25) is 0 Å². The van der Waals surface area contributed by atoms with Crippen molar-refractivity contribution in [1.29, 1.82) is 0 Å². The minimum Gasteiger partial charge on any atom is -0.494 e. The summed E-state index contributed by atoms with van der Waals surface area (Å²) in [5, 5.41) is 0. The summed E-state index contributed by atoms with van der Waals surface area (Å²) in [5.74, 6) is -0.580. The Balaban J connectivity index is 3.68. The van der Waals surface area contributed by atoms with Gasteiger partial charge in [0.15, 0.2) is 15.6 Å². The van der Waals surface area contributed by atoms with Crippen LogP contribution in [0, 0.1) is 0 Å². The summed E-state index contributed by atoms with van der Waals surface area (Å²) in [6, 6.07) is 3.11. The fourth-order valence-corrected chi connectivity index (χ4v) is 2.98. The highest BCUT2D eigenvalue weighted by Crippen LogP contribution is 2.32. The molecular formula is C12H16O5S. The van der Waals surface area contributed by atoms with Crippen LogP contribution in [0.5, 0.6) is 5.75 Å². The van der Waals surface area contributed by atoms with Crippen LogP contribution in [0.4, 0.5) is 0 Å². The third-order valence-corrected chi connectivity index (χ3v) is 3.74. The molecule has 0 aliphatic rings. The van der Waals surface area contributed by atoms with Crippen LogP contribution in [0.1, 0.15) is 22.8 Å². The Morgan fingerprint density at radius 2 is 1.89 bits per heavy atom. The average Bonchev–Trinajstić information content (AvgIpc) is 2.34. The predicted octanol–water partition coefficient (Wildman–Crippen LogP) is 1.45. The Bertz CT molecular complexity index is 560. The lowest BCUT2D eigenvalue weighted by molar-refractivity contribution is 0.0596. The van der Waals surface area contributed by atoms with Gasteiger partial charge in [-0.1, -0.05) is 13.0 Å². The number of hydrogen-bond acceptors (Lipinski definition) is 5. The number of hydrogen-bond donors (Lipinski definition) is 0. The van der Waals surface area contributed by atoms with Gasteiger partial charge in [-0.2, -0.15) is 0 Å². The van der Waals surface area contributed by atoms with Gasteiger partial charge in [0.25, 0.3) is 0 Å². The minimum atomic E-state index is -3.49. The van der Waals surface area contributed by atoms with E-state index >= 15 is 0 Å². The molecule has 1 rings (SSSR count). The summed E-state index contributed by atoms with van der Waals surface area (Å²) in [4.78, 5) is 11.6. The van der Waals surface area contributed by atoms with E-state index < -0.39 is 15.8 Å². The van der Waals surface area contributed by atoms with Crippen LogP contribution in [-0.2, 0) is 21.0 Å². The molecule has 0 aromatic heterocycles. The molecule has 0 unspecified atom stereocenters. The summed E-state index contributed by atoms with van der Waals surface area (Å²) in [6.07, 6.45) is 1.62. The van der Waals surface area contributed by atoms with Crippen molar-refractivity contribution in [1.82, 2.24) is 0 Å². The van der Waals surface area contributed by atoms with Gasteiger partial charge in [-0.05, 0) is 18.1 Å². The number of carbonyl (C=O) groups is 1. The quantitative estimate of drug-likeness (QED) is 0.776. The van der Waals surface area contributed by atoms with E-state index in [0.717, 1.165) is 6.26 Å². The Labute approximate surface area is 107 Å². The van der Waals surface area contributed by atoms with Crippen LogP contribution in [0.2, 0.25) is 0 Å². The number of ether oxygens (including phenoxy) is 2. The fraction of sp³-hybridized carbons (Fsp3) is 0.417. The van der Waals surface area contributed by atoms with Crippen molar-refractivity contribution in [3.63, 3.8) is 0 Å². The van der Waals surface area contributed by atoms with Gasteiger partial charge in [0, 0.05) is 6.26 Å². The van der Waals surface area contributed by atoms with E-state index in [1.807, 2.05) is 6.92 Å². The second kappa shape index (κ2) is 5.39. The highest BCUT2D eigenvalue weighted by molar-refractivity contribution is 7.90. The number of rotatable bonds is 4. The molecule has 0 N–H and O–H groups in total. The van der Waals surface area contributed by atoms with Crippen LogP contribution in [0.15, 0.2) is 17.0 Å². The first-order valence-corrected chi connectivity index (χ1v) is 7.24. The van der Waals surface area contributed by atoms with Gasteiger partial charge in [0.05, 0.1) is 14.2 Å². The van der Waals surface area contributed by atoms with Gasteiger partial charge in [-0.3, -0.25) is 0 Å². The van der Waals surface area contributed by atoms with Gasteiger partial charge in [-0.15, -0.1) is 0 Å². The zero-order chi connectivity index (χ0) is 13.9. The molecule has 6 heteroatoms. The van der Waals surface area contributed by atoms with E-state index in [0.29, 0.717) is 12.0 Å². The molecule has 0 bridgehead atoms.